The molecule has 0 atom stereocenters. The SMILES string of the molecule is COc1ccccc1C(=O)NC(=O)COC(=O)Cc1ccccc1F. The van der Waals surface area contributed by atoms with E-state index < -0.39 is 30.2 Å². The van der Waals surface area contributed by atoms with E-state index in [9.17, 15) is 18.8 Å². The Morgan fingerprint density at radius 1 is 1.04 bits per heavy atom. The molecule has 2 rings (SSSR count). The van der Waals surface area contributed by atoms with E-state index >= 15 is 0 Å². The van der Waals surface area contributed by atoms with Crippen molar-refractivity contribution >= 4 is 17.8 Å². The van der Waals surface area contributed by atoms with Crippen molar-refractivity contribution in [3.63, 3.8) is 0 Å². The predicted molar refractivity (Wildman–Crippen MR) is 86.5 cm³/mol. The lowest BCUT2D eigenvalue weighted by Gasteiger charge is -2.09. The Bertz CT molecular complexity index is 791. The van der Waals surface area contributed by atoms with E-state index in [0.717, 1.165) is 0 Å². The van der Waals surface area contributed by atoms with Gasteiger partial charge in [0.1, 0.15) is 11.6 Å². The molecule has 7 heteroatoms. The highest BCUT2D eigenvalue weighted by atomic mass is 19.1. The summed E-state index contributed by atoms with van der Waals surface area (Å²) in [5.41, 5.74) is 0.342. The van der Waals surface area contributed by atoms with Crippen molar-refractivity contribution in [1.82, 2.24) is 5.32 Å². The van der Waals surface area contributed by atoms with E-state index in [1.807, 2.05) is 0 Å². The molecule has 0 aliphatic carbocycles. The largest absolute Gasteiger partial charge is 0.496 e. The lowest BCUT2D eigenvalue weighted by Crippen LogP contribution is -2.34. The molecule has 0 radical (unpaired) electrons. The van der Waals surface area contributed by atoms with Crippen LogP contribution >= 0.6 is 0 Å². The number of benzene rings is 2. The van der Waals surface area contributed by atoms with E-state index in [2.05, 4.69) is 5.32 Å². The van der Waals surface area contributed by atoms with Crippen LogP contribution in [0.1, 0.15) is 15.9 Å². The minimum atomic E-state index is -0.794. The molecule has 2 aromatic carbocycles. The first kappa shape index (κ1) is 18.1. The molecule has 0 heterocycles. The number of amides is 2. The van der Waals surface area contributed by atoms with Crippen molar-refractivity contribution in [3.05, 3.63) is 65.5 Å². The van der Waals surface area contributed by atoms with Crippen molar-refractivity contribution in [2.45, 2.75) is 6.42 Å². The molecule has 2 aromatic rings. The van der Waals surface area contributed by atoms with Crippen LogP contribution in [-0.4, -0.2) is 31.5 Å². The van der Waals surface area contributed by atoms with Crippen molar-refractivity contribution in [2.75, 3.05) is 13.7 Å². The molecular weight excluding hydrogens is 329 g/mol. The zero-order valence-corrected chi connectivity index (χ0v) is 13.5. The lowest BCUT2D eigenvalue weighted by molar-refractivity contribution is -0.147. The van der Waals surface area contributed by atoms with Crippen molar-refractivity contribution in [3.8, 4) is 5.75 Å². The number of rotatable bonds is 6. The molecule has 6 nitrogen and oxygen atoms in total. The molecule has 0 aromatic heterocycles. The van der Waals surface area contributed by atoms with Gasteiger partial charge in [0.2, 0.25) is 0 Å². The summed E-state index contributed by atoms with van der Waals surface area (Å²) < 4.78 is 23.2. The normalized spacial score (nSPS) is 10.0. The fraction of sp³-hybridized carbons (Fsp3) is 0.167. The Morgan fingerprint density at radius 2 is 1.72 bits per heavy atom. The molecule has 0 saturated heterocycles. The number of carbonyl (C=O) groups is 3. The highest BCUT2D eigenvalue weighted by molar-refractivity contribution is 6.06. The van der Waals surface area contributed by atoms with Crippen molar-refractivity contribution < 1.29 is 28.2 Å². The maximum Gasteiger partial charge on any atom is 0.310 e. The second-order valence-electron chi connectivity index (χ2n) is 5.01. The number of methoxy groups -OCH3 is 1. The number of carbonyl (C=O) groups excluding carboxylic acids is 3. The maximum atomic E-state index is 13.4. The van der Waals surface area contributed by atoms with E-state index in [0.29, 0.717) is 5.75 Å². The molecule has 0 bridgehead atoms. The van der Waals surface area contributed by atoms with E-state index in [4.69, 9.17) is 9.47 Å². The first-order valence-corrected chi connectivity index (χ1v) is 7.37. The third kappa shape index (κ3) is 5.13. The quantitative estimate of drug-likeness (QED) is 0.809. The summed E-state index contributed by atoms with van der Waals surface area (Å²) in [6.45, 7) is -0.645. The monoisotopic (exact) mass is 345 g/mol. The van der Waals surface area contributed by atoms with Gasteiger partial charge in [-0.15, -0.1) is 0 Å². The van der Waals surface area contributed by atoms with Gasteiger partial charge < -0.3 is 9.47 Å². The molecular formula is C18H16FNO5. The Labute approximate surface area is 143 Å². The Kier molecular flexibility index (Phi) is 6.22. The molecule has 0 unspecified atom stereocenters. The van der Waals surface area contributed by atoms with Crippen LogP contribution in [0, 0.1) is 5.82 Å². The topological polar surface area (TPSA) is 81.7 Å². The number of esters is 1. The number of hydrogen-bond donors (Lipinski definition) is 1. The summed E-state index contributed by atoms with van der Waals surface area (Å²) in [5.74, 6) is -2.46. The molecule has 2 amide bonds. The highest BCUT2D eigenvalue weighted by Gasteiger charge is 2.16. The van der Waals surface area contributed by atoms with Gasteiger partial charge in [-0.25, -0.2) is 4.39 Å². The van der Waals surface area contributed by atoms with Crippen LogP contribution in [0.3, 0.4) is 0 Å². The molecule has 0 saturated carbocycles. The number of nitrogens with one attached hydrogen (secondary N) is 1. The van der Waals surface area contributed by atoms with Gasteiger partial charge >= 0.3 is 5.97 Å². The smallest absolute Gasteiger partial charge is 0.310 e. The number of imide groups is 1. The average molecular weight is 345 g/mol. The standard InChI is InChI=1S/C18H16FNO5/c1-24-15-9-5-3-7-13(15)18(23)20-16(21)11-25-17(22)10-12-6-2-4-8-14(12)19/h2-9H,10-11H2,1H3,(H,20,21,23). The second kappa shape index (κ2) is 8.58. The lowest BCUT2D eigenvalue weighted by atomic mass is 10.1. The van der Waals surface area contributed by atoms with Gasteiger partial charge in [-0.05, 0) is 23.8 Å². The third-order valence-electron chi connectivity index (χ3n) is 3.26. The summed E-state index contributed by atoms with van der Waals surface area (Å²) in [6.07, 6.45) is -0.305. The fourth-order valence-electron chi connectivity index (χ4n) is 2.06. The van der Waals surface area contributed by atoms with Crippen molar-refractivity contribution in [1.29, 1.82) is 0 Å². The van der Waals surface area contributed by atoms with E-state index in [1.165, 1.54) is 31.4 Å². The van der Waals surface area contributed by atoms with Crippen LogP contribution in [-0.2, 0) is 20.7 Å². The van der Waals surface area contributed by atoms with Gasteiger partial charge in [0.05, 0.1) is 19.1 Å². The van der Waals surface area contributed by atoms with Gasteiger partial charge in [-0.3, -0.25) is 19.7 Å². The molecule has 0 spiro atoms. The Hall–Kier alpha value is -3.22. The molecule has 0 fully saturated rings. The van der Waals surface area contributed by atoms with Crippen LogP contribution in [0.5, 0.6) is 5.75 Å². The minimum Gasteiger partial charge on any atom is -0.496 e. The average Bonchev–Trinajstić information content (AvgIpc) is 2.62. The summed E-state index contributed by atoms with van der Waals surface area (Å²) in [4.78, 5) is 35.4. The summed E-state index contributed by atoms with van der Waals surface area (Å²) >= 11 is 0. The number of ether oxygens (including phenoxy) is 2. The molecule has 0 aliphatic heterocycles. The molecule has 0 aliphatic rings. The van der Waals surface area contributed by atoms with Crippen LogP contribution in [0.2, 0.25) is 0 Å². The Morgan fingerprint density at radius 3 is 2.44 bits per heavy atom. The zero-order chi connectivity index (χ0) is 18.2. The van der Waals surface area contributed by atoms with Crippen LogP contribution in [0.25, 0.3) is 0 Å². The maximum absolute atomic E-state index is 13.4. The summed E-state index contributed by atoms with van der Waals surface area (Å²) in [6, 6.07) is 12.1. The molecule has 1 N–H and O–H groups in total. The van der Waals surface area contributed by atoms with Gasteiger partial charge in [-0.1, -0.05) is 30.3 Å². The third-order valence-corrected chi connectivity index (χ3v) is 3.26. The first-order valence-electron chi connectivity index (χ1n) is 7.37. The number of hydrogen-bond acceptors (Lipinski definition) is 5. The number of halogens is 1. The molecule has 25 heavy (non-hydrogen) atoms. The van der Waals surface area contributed by atoms with Gasteiger partial charge in [0, 0.05) is 0 Å². The molecule has 130 valence electrons. The Balaban J connectivity index is 1.85. The van der Waals surface area contributed by atoms with Gasteiger partial charge in [0.25, 0.3) is 11.8 Å². The number of para-hydroxylation sites is 1. The van der Waals surface area contributed by atoms with Crippen LogP contribution < -0.4 is 10.1 Å². The summed E-state index contributed by atoms with van der Waals surface area (Å²) in [5, 5.41) is 2.09. The van der Waals surface area contributed by atoms with Crippen LogP contribution in [0.4, 0.5) is 4.39 Å². The van der Waals surface area contributed by atoms with Gasteiger partial charge in [0.15, 0.2) is 6.61 Å². The van der Waals surface area contributed by atoms with E-state index in [-0.39, 0.29) is 17.5 Å². The van der Waals surface area contributed by atoms with E-state index in [1.54, 1.807) is 24.3 Å². The van der Waals surface area contributed by atoms with Crippen LogP contribution in [0.15, 0.2) is 48.5 Å². The van der Waals surface area contributed by atoms with Gasteiger partial charge in [-0.2, -0.15) is 0 Å². The minimum absolute atomic E-state index is 0.165. The summed E-state index contributed by atoms with van der Waals surface area (Å²) in [7, 11) is 1.40. The zero-order valence-electron chi connectivity index (χ0n) is 13.5. The second-order valence-corrected chi connectivity index (χ2v) is 5.01. The highest BCUT2D eigenvalue weighted by Crippen LogP contribution is 2.16. The predicted octanol–water partition coefficient (Wildman–Crippen LogP) is 1.88. The van der Waals surface area contributed by atoms with Crippen molar-refractivity contribution in [2.24, 2.45) is 0 Å². The fourth-order valence-corrected chi connectivity index (χ4v) is 2.06. The first-order chi connectivity index (χ1) is 12.0.